The number of halogens is 5. The summed E-state index contributed by atoms with van der Waals surface area (Å²) in [6, 6.07) is 4.05. The van der Waals surface area contributed by atoms with Gasteiger partial charge in [-0.2, -0.15) is 22.0 Å². The van der Waals surface area contributed by atoms with Gasteiger partial charge in [0, 0.05) is 5.56 Å². The highest BCUT2D eigenvalue weighted by Crippen LogP contribution is 2.49. The van der Waals surface area contributed by atoms with Crippen molar-refractivity contribution in [2.75, 3.05) is 6.61 Å². The van der Waals surface area contributed by atoms with E-state index in [1.165, 1.54) is 19.1 Å². The van der Waals surface area contributed by atoms with Gasteiger partial charge in [-0.05, 0) is 13.8 Å². The number of rotatable bonds is 4. The second kappa shape index (κ2) is 5.59. The molecule has 21 heavy (non-hydrogen) atoms. The molecule has 1 atom stereocenters. The number of carbonyl (C=O) groups excluding carboxylic acids is 1. The number of hydrogen-bond acceptors (Lipinski definition) is 3. The second-order valence-electron chi connectivity index (χ2n) is 4.37. The van der Waals surface area contributed by atoms with E-state index in [1.54, 1.807) is 6.92 Å². The molecule has 0 saturated heterocycles. The Morgan fingerprint density at radius 1 is 1.14 bits per heavy atom. The van der Waals surface area contributed by atoms with E-state index in [2.05, 4.69) is 4.74 Å². The minimum absolute atomic E-state index is 0.457. The van der Waals surface area contributed by atoms with Crippen molar-refractivity contribution in [3.63, 3.8) is 0 Å². The first-order valence-electron chi connectivity index (χ1n) is 5.89. The van der Waals surface area contributed by atoms with Crippen molar-refractivity contribution >= 4 is 5.97 Å². The summed E-state index contributed by atoms with van der Waals surface area (Å²) in [5.74, 6) is -7.77. The first-order chi connectivity index (χ1) is 9.48. The van der Waals surface area contributed by atoms with Crippen LogP contribution in [0.5, 0.6) is 0 Å². The predicted octanol–water partition coefficient (Wildman–Crippen LogP) is 2.94. The Kier molecular flexibility index (Phi) is 4.62. The second-order valence-corrected chi connectivity index (χ2v) is 4.37. The standard InChI is InChI=1S/C13H13F5O3/c1-3-21-10(19)11(20,12(14,15)13(16,17)18)9-6-4-8(2)5-7-9/h4-7,20H,3H2,1-2H3. The first-order valence-corrected chi connectivity index (χ1v) is 5.89. The first kappa shape index (κ1) is 17.4. The van der Waals surface area contributed by atoms with Gasteiger partial charge in [0.05, 0.1) is 6.61 Å². The third-order valence-electron chi connectivity index (χ3n) is 2.85. The van der Waals surface area contributed by atoms with Gasteiger partial charge in [-0.25, -0.2) is 4.79 Å². The van der Waals surface area contributed by atoms with E-state index in [9.17, 15) is 31.9 Å². The van der Waals surface area contributed by atoms with Crippen LogP contribution < -0.4 is 0 Å². The van der Waals surface area contributed by atoms with E-state index < -0.39 is 35.8 Å². The van der Waals surface area contributed by atoms with Crippen LogP contribution in [0.1, 0.15) is 18.1 Å². The lowest BCUT2D eigenvalue weighted by molar-refractivity contribution is -0.341. The van der Waals surface area contributed by atoms with Crippen LogP contribution in [0.2, 0.25) is 0 Å². The SMILES string of the molecule is CCOC(=O)C(O)(c1ccc(C)cc1)C(F)(F)C(F)(F)F. The summed E-state index contributed by atoms with van der Waals surface area (Å²) in [5, 5.41) is 9.89. The molecule has 0 aliphatic carbocycles. The molecular weight excluding hydrogens is 299 g/mol. The van der Waals surface area contributed by atoms with Crippen molar-refractivity contribution in [3.05, 3.63) is 35.4 Å². The van der Waals surface area contributed by atoms with Gasteiger partial charge in [0.15, 0.2) is 0 Å². The number of aryl methyl sites for hydroxylation is 1. The minimum atomic E-state index is -6.13. The monoisotopic (exact) mass is 312 g/mol. The number of benzene rings is 1. The molecule has 0 fully saturated rings. The highest BCUT2D eigenvalue weighted by molar-refractivity contribution is 5.82. The maximum atomic E-state index is 13.7. The lowest BCUT2D eigenvalue weighted by Crippen LogP contribution is -2.59. The van der Waals surface area contributed by atoms with Gasteiger partial charge in [-0.1, -0.05) is 29.8 Å². The van der Waals surface area contributed by atoms with Crippen LogP contribution in [0.25, 0.3) is 0 Å². The van der Waals surface area contributed by atoms with E-state index in [0.717, 1.165) is 12.1 Å². The highest BCUT2D eigenvalue weighted by atomic mass is 19.4. The molecule has 0 radical (unpaired) electrons. The molecule has 1 unspecified atom stereocenters. The highest BCUT2D eigenvalue weighted by Gasteiger charge is 2.74. The predicted molar refractivity (Wildman–Crippen MR) is 62.7 cm³/mol. The fourth-order valence-corrected chi connectivity index (χ4v) is 1.66. The molecule has 1 N–H and O–H groups in total. The molecule has 118 valence electrons. The lowest BCUT2D eigenvalue weighted by Gasteiger charge is -2.34. The molecule has 0 spiro atoms. The number of ether oxygens (including phenoxy) is 1. The maximum absolute atomic E-state index is 13.7. The van der Waals surface area contributed by atoms with Gasteiger partial charge in [0.2, 0.25) is 0 Å². The number of aliphatic hydroxyl groups is 1. The summed E-state index contributed by atoms with van der Waals surface area (Å²) in [6.07, 6.45) is -6.13. The lowest BCUT2D eigenvalue weighted by atomic mass is 9.86. The molecule has 8 heteroatoms. The zero-order valence-corrected chi connectivity index (χ0v) is 11.2. The van der Waals surface area contributed by atoms with Crippen molar-refractivity contribution < 1.29 is 36.6 Å². The smallest absolute Gasteiger partial charge is 0.457 e. The van der Waals surface area contributed by atoms with Crippen LogP contribution in [0.15, 0.2) is 24.3 Å². The van der Waals surface area contributed by atoms with Crippen LogP contribution in [0, 0.1) is 6.92 Å². The molecule has 0 aliphatic rings. The van der Waals surface area contributed by atoms with Gasteiger partial charge < -0.3 is 9.84 Å². The summed E-state index contributed by atoms with van der Waals surface area (Å²) >= 11 is 0. The van der Waals surface area contributed by atoms with E-state index in [4.69, 9.17) is 0 Å². The van der Waals surface area contributed by atoms with Crippen molar-refractivity contribution in [1.82, 2.24) is 0 Å². The van der Waals surface area contributed by atoms with Crippen LogP contribution in [-0.2, 0) is 15.1 Å². The van der Waals surface area contributed by atoms with Crippen LogP contribution in [0.4, 0.5) is 22.0 Å². The van der Waals surface area contributed by atoms with Gasteiger partial charge in [0.1, 0.15) is 0 Å². The molecule has 1 rings (SSSR count). The molecule has 0 saturated carbocycles. The molecule has 0 aliphatic heterocycles. The number of alkyl halides is 5. The zero-order chi connectivity index (χ0) is 16.5. The fourth-order valence-electron chi connectivity index (χ4n) is 1.66. The van der Waals surface area contributed by atoms with E-state index in [0.29, 0.717) is 5.56 Å². The third-order valence-corrected chi connectivity index (χ3v) is 2.85. The van der Waals surface area contributed by atoms with Gasteiger partial charge >= 0.3 is 18.1 Å². The number of carbonyl (C=O) groups is 1. The fraction of sp³-hybridized carbons (Fsp3) is 0.462. The average Bonchev–Trinajstić information content (AvgIpc) is 2.37. The molecular formula is C13H13F5O3. The molecule has 0 amide bonds. The molecule has 0 aromatic heterocycles. The van der Waals surface area contributed by atoms with Crippen LogP contribution >= 0.6 is 0 Å². The van der Waals surface area contributed by atoms with Crippen molar-refractivity contribution in [2.45, 2.75) is 31.5 Å². The average molecular weight is 312 g/mol. The van der Waals surface area contributed by atoms with Crippen LogP contribution in [0.3, 0.4) is 0 Å². The van der Waals surface area contributed by atoms with Gasteiger partial charge in [-0.3, -0.25) is 0 Å². The topological polar surface area (TPSA) is 46.5 Å². The van der Waals surface area contributed by atoms with Gasteiger partial charge in [-0.15, -0.1) is 0 Å². The Morgan fingerprint density at radius 2 is 1.62 bits per heavy atom. The van der Waals surface area contributed by atoms with E-state index >= 15 is 0 Å². The van der Waals surface area contributed by atoms with Gasteiger partial charge in [0.25, 0.3) is 5.60 Å². The summed E-state index contributed by atoms with van der Waals surface area (Å²) in [5.41, 5.74) is -4.48. The Hall–Kier alpha value is -1.70. The molecule has 0 bridgehead atoms. The third kappa shape index (κ3) is 2.85. The summed E-state index contributed by atoms with van der Waals surface area (Å²) < 4.78 is 69.3. The number of hydrogen-bond donors (Lipinski definition) is 1. The minimum Gasteiger partial charge on any atom is -0.463 e. The Balaban J connectivity index is 3.51. The maximum Gasteiger partial charge on any atom is 0.457 e. The van der Waals surface area contributed by atoms with E-state index in [-0.39, 0.29) is 0 Å². The van der Waals surface area contributed by atoms with Crippen LogP contribution in [-0.4, -0.2) is 29.8 Å². The molecule has 1 aromatic rings. The molecule has 1 aromatic carbocycles. The van der Waals surface area contributed by atoms with Crippen molar-refractivity contribution in [3.8, 4) is 0 Å². The summed E-state index contributed by atoms with van der Waals surface area (Å²) in [6.45, 7) is 2.33. The zero-order valence-electron chi connectivity index (χ0n) is 11.2. The Morgan fingerprint density at radius 3 is 2.00 bits per heavy atom. The summed E-state index contributed by atoms with van der Waals surface area (Å²) in [4.78, 5) is 11.6. The number of esters is 1. The van der Waals surface area contributed by atoms with Crippen molar-refractivity contribution in [2.24, 2.45) is 0 Å². The molecule has 3 nitrogen and oxygen atoms in total. The van der Waals surface area contributed by atoms with E-state index in [1.807, 2.05) is 0 Å². The summed E-state index contributed by atoms with van der Waals surface area (Å²) in [7, 11) is 0. The normalized spacial score (nSPS) is 15.4. The quantitative estimate of drug-likeness (QED) is 0.687. The van der Waals surface area contributed by atoms with Crippen molar-refractivity contribution in [1.29, 1.82) is 0 Å². The Labute approximate surface area is 117 Å². The molecule has 0 heterocycles. The Bertz CT molecular complexity index is 510. The largest absolute Gasteiger partial charge is 0.463 e.